The van der Waals surface area contributed by atoms with E-state index in [4.69, 9.17) is 0 Å². The summed E-state index contributed by atoms with van der Waals surface area (Å²) >= 11 is 0. The molecule has 10 heteroatoms. The van der Waals surface area contributed by atoms with Gasteiger partial charge in [-0.25, -0.2) is 4.98 Å². The topological polar surface area (TPSA) is 81.3 Å². The zero-order valence-electron chi connectivity index (χ0n) is 21.1. The number of imidazole rings is 1. The Morgan fingerprint density at radius 1 is 1.05 bits per heavy atom. The van der Waals surface area contributed by atoms with Crippen molar-refractivity contribution in [2.24, 2.45) is 0 Å². The first kappa shape index (κ1) is 25.7. The van der Waals surface area contributed by atoms with E-state index in [1.165, 1.54) is 0 Å². The van der Waals surface area contributed by atoms with Gasteiger partial charge in [0, 0.05) is 42.4 Å². The third-order valence-electron chi connectivity index (χ3n) is 6.78. The van der Waals surface area contributed by atoms with Crippen LogP contribution in [0.4, 0.5) is 13.2 Å². The Hall–Kier alpha value is -3.95. The Labute approximate surface area is 217 Å². The molecule has 0 saturated heterocycles. The Morgan fingerprint density at radius 3 is 2.58 bits per heavy atom. The van der Waals surface area contributed by atoms with Crippen LogP contribution in [0.3, 0.4) is 0 Å². The zero-order valence-corrected chi connectivity index (χ0v) is 21.1. The molecule has 3 heterocycles. The summed E-state index contributed by atoms with van der Waals surface area (Å²) in [5.41, 5.74) is 3.87. The van der Waals surface area contributed by atoms with E-state index < -0.39 is 30.3 Å². The van der Waals surface area contributed by atoms with Crippen molar-refractivity contribution in [2.75, 3.05) is 0 Å². The Balaban J connectivity index is 1.34. The number of hydrogen-bond acceptors (Lipinski definition) is 4. The first-order valence-corrected chi connectivity index (χ1v) is 12.5. The maximum Gasteiger partial charge on any atom is 0.389 e. The first-order chi connectivity index (χ1) is 18.0. The van der Waals surface area contributed by atoms with Gasteiger partial charge in [-0.3, -0.25) is 18.7 Å². The smallest absolute Gasteiger partial charge is 0.351 e. The van der Waals surface area contributed by atoms with Gasteiger partial charge >= 0.3 is 6.18 Å². The van der Waals surface area contributed by atoms with Crippen LogP contribution in [-0.2, 0) is 21.5 Å². The highest BCUT2D eigenvalue weighted by Crippen LogP contribution is 2.28. The predicted octanol–water partition coefficient (Wildman–Crippen LogP) is 5.33. The summed E-state index contributed by atoms with van der Waals surface area (Å²) in [6.45, 7) is 3.67. The summed E-state index contributed by atoms with van der Waals surface area (Å²) in [5.74, 6) is -0.511. The molecule has 0 bridgehead atoms. The SMILES string of the molecule is CC(C)(C(=O)NC1CC1)n1cc(-c2ccn3c(-c4cccc(CC(=O)CCC(F)(F)F)c4)cnc3c2)cn1. The molecule has 3 aromatic heterocycles. The van der Waals surface area contributed by atoms with Gasteiger partial charge in [0.25, 0.3) is 0 Å². The molecule has 0 unspecified atom stereocenters. The summed E-state index contributed by atoms with van der Waals surface area (Å²) < 4.78 is 40.9. The molecule has 1 aromatic carbocycles. The van der Waals surface area contributed by atoms with Gasteiger partial charge in [0.2, 0.25) is 5.91 Å². The van der Waals surface area contributed by atoms with E-state index in [1.807, 2.05) is 54.9 Å². The molecule has 7 nitrogen and oxygen atoms in total. The maximum absolute atomic E-state index is 12.7. The molecule has 0 aliphatic heterocycles. The second-order valence-corrected chi connectivity index (χ2v) is 10.3. The fourth-order valence-corrected chi connectivity index (χ4v) is 4.28. The first-order valence-electron chi connectivity index (χ1n) is 12.5. The van der Waals surface area contributed by atoms with Crippen LogP contribution in [0.5, 0.6) is 0 Å². The molecule has 0 spiro atoms. The number of amides is 1. The Morgan fingerprint density at radius 2 is 1.84 bits per heavy atom. The molecule has 0 atom stereocenters. The number of nitrogens with zero attached hydrogens (tertiary/aromatic N) is 4. The van der Waals surface area contributed by atoms with Gasteiger partial charge in [0.05, 0.1) is 24.5 Å². The number of carbonyl (C=O) groups is 2. The van der Waals surface area contributed by atoms with E-state index in [0.717, 1.165) is 35.2 Å². The van der Waals surface area contributed by atoms with Crippen LogP contribution >= 0.6 is 0 Å². The Kier molecular flexibility index (Phi) is 6.58. The third kappa shape index (κ3) is 5.64. The van der Waals surface area contributed by atoms with Crippen molar-refractivity contribution in [2.45, 2.75) is 63.7 Å². The number of Topliss-reactive ketones (excluding diaryl/α,β-unsaturated/α-hetero) is 1. The van der Waals surface area contributed by atoms with Crippen molar-refractivity contribution >= 4 is 17.3 Å². The van der Waals surface area contributed by atoms with Gasteiger partial charge in [-0.15, -0.1) is 0 Å². The van der Waals surface area contributed by atoms with Crippen LogP contribution < -0.4 is 5.32 Å². The maximum atomic E-state index is 12.7. The van der Waals surface area contributed by atoms with Crippen molar-refractivity contribution < 1.29 is 22.8 Å². The van der Waals surface area contributed by atoms with Crippen LogP contribution in [0, 0.1) is 0 Å². The van der Waals surface area contributed by atoms with Gasteiger partial charge in [0.15, 0.2) is 0 Å². The predicted molar refractivity (Wildman–Crippen MR) is 136 cm³/mol. The van der Waals surface area contributed by atoms with Crippen LogP contribution in [-0.4, -0.2) is 43.1 Å². The van der Waals surface area contributed by atoms with E-state index in [1.54, 1.807) is 29.2 Å². The highest BCUT2D eigenvalue weighted by molar-refractivity contribution is 5.84. The van der Waals surface area contributed by atoms with Crippen LogP contribution in [0.2, 0.25) is 0 Å². The number of ketones is 1. The van der Waals surface area contributed by atoms with Gasteiger partial charge in [0.1, 0.15) is 17.0 Å². The summed E-state index contributed by atoms with van der Waals surface area (Å²) in [6, 6.07) is 11.3. The number of rotatable bonds is 9. The molecule has 198 valence electrons. The minimum Gasteiger partial charge on any atom is -0.351 e. The molecular formula is C28H28F3N5O2. The van der Waals surface area contributed by atoms with Gasteiger partial charge in [-0.05, 0) is 56.0 Å². The summed E-state index contributed by atoms with van der Waals surface area (Å²) in [6.07, 6.45) is 3.19. The zero-order chi connectivity index (χ0) is 27.1. The average molecular weight is 524 g/mol. The van der Waals surface area contributed by atoms with E-state index in [-0.39, 0.29) is 18.4 Å². The molecule has 1 amide bonds. The fraction of sp³-hybridized carbons (Fsp3) is 0.357. The largest absolute Gasteiger partial charge is 0.389 e. The highest BCUT2D eigenvalue weighted by atomic mass is 19.4. The molecule has 0 radical (unpaired) electrons. The third-order valence-corrected chi connectivity index (χ3v) is 6.78. The van der Waals surface area contributed by atoms with Crippen molar-refractivity contribution in [3.8, 4) is 22.4 Å². The minimum atomic E-state index is -4.34. The number of alkyl halides is 3. The number of nitrogens with one attached hydrogen (secondary N) is 1. The summed E-state index contributed by atoms with van der Waals surface area (Å²) in [5, 5.41) is 7.48. The number of pyridine rings is 1. The number of halogens is 3. The van der Waals surface area contributed by atoms with Gasteiger partial charge in [-0.1, -0.05) is 18.2 Å². The van der Waals surface area contributed by atoms with Crippen LogP contribution in [0.25, 0.3) is 28.0 Å². The summed E-state index contributed by atoms with van der Waals surface area (Å²) in [4.78, 5) is 29.3. The van der Waals surface area contributed by atoms with Gasteiger partial charge < -0.3 is 5.32 Å². The van der Waals surface area contributed by atoms with Crippen LogP contribution in [0.15, 0.2) is 61.2 Å². The molecule has 1 N–H and O–H groups in total. The van der Waals surface area contributed by atoms with Crippen molar-refractivity contribution in [1.82, 2.24) is 24.5 Å². The van der Waals surface area contributed by atoms with Crippen molar-refractivity contribution in [1.29, 1.82) is 0 Å². The fourth-order valence-electron chi connectivity index (χ4n) is 4.28. The molecule has 4 aromatic rings. The highest BCUT2D eigenvalue weighted by Gasteiger charge is 2.35. The lowest BCUT2D eigenvalue weighted by Crippen LogP contribution is -2.45. The lowest BCUT2D eigenvalue weighted by Gasteiger charge is -2.24. The van der Waals surface area contributed by atoms with Crippen LogP contribution in [0.1, 0.15) is 45.1 Å². The molecule has 38 heavy (non-hydrogen) atoms. The number of carbonyl (C=O) groups excluding carboxylic acids is 2. The lowest BCUT2D eigenvalue weighted by molar-refractivity contribution is -0.143. The molecule has 1 fully saturated rings. The van der Waals surface area contributed by atoms with E-state index in [0.29, 0.717) is 11.2 Å². The molecule has 1 saturated carbocycles. The van der Waals surface area contributed by atoms with Gasteiger partial charge in [-0.2, -0.15) is 18.3 Å². The standard InChI is InChI=1S/C28H28F3N5O2/c1-27(2,26(38)34-22-6-7-22)36-17-21(15-33-36)19-9-11-35-24(16-32-25(35)14-19)20-5-3-4-18(12-20)13-23(37)8-10-28(29,30)31/h3-5,9,11-12,14-17,22H,6-8,10,13H2,1-2H3,(H,34,38). The number of hydrogen-bond donors (Lipinski definition) is 1. The molecule has 5 rings (SSSR count). The quantitative estimate of drug-likeness (QED) is 0.322. The number of fused-ring (bicyclic) bond motifs is 1. The normalized spacial score (nSPS) is 14.1. The Bertz CT molecular complexity index is 1500. The molecular weight excluding hydrogens is 495 g/mol. The van der Waals surface area contributed by atoms with E-state index in [2.05, 4.69) is 15.4 Å². The average Bonchev–Trinajstić information content (AvgIpc) is 3.37. The number of aromatic nitrogens is 4. The lowest BCUT2D eigenvalue weighted by atomic mass is 10.0. The molecule has 1 aliphatic carbocycles. The van der Waals surface area contributed by atoms with Crippen molar-refractivity contribution in [3.05, 3.63) is 66.7 Å². The minimum absolute atomic E-state index is 0.0518. The summed E-state index contributed by atoms with van der Waals surface area (Å²) in [7, 11) is 0. The molecule has 1 aliphatic rings. The number of benzene rings is 1. The second kappa shape index (κ2) is 9.74. The van der Waals surface area contributed by atoms with E-state index >= 15 is 0 Å². The second-order valence-electron chi connectivity index (χ2n) is 10.3. The monoisotopic (exact) mass is 523 g/mol. The van der Waals surface area contributed by atoms with Crippen molar-refractivity contribution in [3.63, 3.8) is 0 Å². The van der Waals surface area contributed by atoms with E-state index in [9.17, 15) is 22.8 Å².